The van der Waals surface area contributed by atoms with E-state index in [9.17, 15) is 8.78 Å². The summed E-state index contributed by atoms with van der Waals surface area (Å²) in [5.41, 5.74) is 3.08. The Hall–Kier alpha value is -3.09. The Morgan fingerprint density at radius 1 is 1.10 bits per heavy atom. The van der Waals surface area contributed by atoms with E-state index in [0.29, 0.717) is 11.3 Å². The summed E-state index contributed by atoms with van der Waals surface area (Å²) < 4.78 is 29.9. The van der Waals surface area contributed by atoms with Crippen LogP contribution in [0.5, 0.6) is 0 Å². The molecular weight excluding hydrogens is 372 g/mol. The summed E-state index contributed by atoms with van der Waals surface area (Å²) in [4.78, 5) is 6.09. The van der Waals surface area contributed by atoms with E-state index in [2.05, 4.69) is 29.0 Å². The second kappa shape index (κ2) is 7.06. The minimum atomic E-state index is -0.940. The van der Waals surface area contributed by atoms with Gasteiger partial charge in [-0.05, 0) is 55.0 Å². The van der Waals surface area contributed by atoms with Crippen LogP contribution in [-0.2, 0) is 0 Å². The van der Waals surface area contributed by atoms with Crippen LogP contribution in [0.25, 0.3) is 16.7 Å². The van der Waals surface area contributed by atoms with Gasteiger partial charge in [0.2, 0.25) is 0 Å². The highest BCUT2D eigenvalue weighted by atomic mass is 19.2. The van der Waals surface area contributed by atoms with Gasteiger partial charge in [-0.15, -0.1) is 10.2 Å². The fraction of sp³-hybridized carbons (Fsp3) is 0.318. The number of hydrogen-bond acceptors (Lipinski definition) is 4. The van der Waals surface area contributed by atoms with Crippen LogP contribution < -0.4 is 4.90 Å². The molecule has 0 unspecified atom stereocenters. The molecule has 1 aliphatic rings. The SMILES string of the molecule is CC1(C)CC1.Cc1cccc(N(C)c2nc3nncn3c3ccc(F)c(F)c23)c1. The molecule has 0 spiro atoms. The van der Waals surface area contributed by atoms with Crippen molar-refractivity contribution in [3.63, 3.8) is 0 Å². The Bertz CT molecular complexity index is 1190. The zero-order valence-electron chi connectivity index (χ0n) is 16.9. The molecule has 5 nitrogen and oxygen atoms in total. The lowest BCUT2D eigenvalue weighted by atomic mass is 10.1. The molecule has 2 heterocycles. The highest BCUT2D eigenvalue weighted by Crippen LogP contribution is 2.43. The number of aryl methyl sites for hydroxylation is 1. The van der Waals surface area contributed by atoms with Crippen LogP contribution in [0.3, 0.4) is 0 Å². The fourth-order valence-corrected chi connectivity index (χ4v) is 3.03. The smallest absolute Gasteiger partial charge is 0.257 e. The highest BCUT2D eigenvalue weighted by molar-refractivity contribution is 5.93. The fourth-order valence-electron chi connectivity index (χ4n) is 3.03. The van der Waals surface area contributed by atoms with Crippen LogP contribution in [0.15, 0.2) is 42.7 Å². The first-order valence-electron chi connectivity index (χ1n) is 9.55. The first-order valence-corrected chi connectivity index (χ1v) is 9.55. The number of benzene rings is 2. The summed E-state index contributed by atoms with van der Waals surface area (Å²) in [7, 11) is 1.76. The summed E-state index contributed by atoms with van der Waals surface area (Å²) in [6.07, 6.45) is 4.33. The van der Waals surface area contributed by atoms with E-state index in [0.717, 1.165) is 22.7 Å². The molecule has 0 bridgehead atoms. The molecule has 0 saturated heterocycles. The van der Waals surface area contributed by atoms with Crippen molar-refractivity contribution in [3.05, 3.63) is 59.9 Å². The molecule has 0 amide bonds. The number of nitrogens with zero attached hydrogens (tertiary/aromatic N) is 5. The van der Waals surface area contributed by atoms with Crippen molar-refractivity contribution in [1.29, 1.82) is 0 Å². The van der Waals surface area contributed by atoms with Gasteiger partial charge < -0.3 is 4.90 Å². The third-order valence-corrected chi connectivity index (χ3v) is 5.25. The molecule has 1 saturated carbocycles. The maximum Gasteiger partial charge on any atom is 0.257 e. The van der Waals surface area contributed by atoms with Crippen molar-refractivity contribution in [2.45, 2.75) is 33.6 Å². The minimum absolute atomic E-state index is 0.0892. The van der Waals surface area contributed by atoms with Crippen molar-refractivity contribution in [3.8, 4) is 0 Å². The van der Waals surface area contributed by atoms with Crippen molar-refractivity contribution in [2.75, 3.05) is 11.9 Å². The van der Waals surface area contributed by atoms with Gasteiger partial charge in [0.1, 0.15) is 12.1 Å². The van der Waals surface area contributed by atoms with Crippen LogP contribution in [-0.4, -0.2) is 26.6 Å². The average Bonchev–Trinajstić information content (AvgIpc) is 3.18. The summed E-state index contributed by atoms with van der Waals surface area (Å²) in [5.74, 6) is -1.25. The minimum Gasteiger partial charge on any atom is -0.329 e. The lowest BCUT2D eigenvalue weighted by Crippen LogP contribution is -2.14. The highest BCUT2D eigenvalue weighted by Gasteiger charge is 2.30. The first-order chi connectivity index (χ1) is 13.8. The summed E-state index contributed by atoms with van der Waals surface area (Å²) in [5, 5.41) is 7.83. The average molecular weight is 395 g/mol. The summed E-state index contributed by atoms with van der Waals surface area (Å²) >= 11 is 0. The molecule has 29 heavy (non-hydrogen) atoms. The second-order valence-electron chi connectivity index (χ2n) is 8.25. The van der Waals surface area contributed by atoms with Crippen LogP contribution in [0, 0.1) is 24.0 Å². The molecule has 7 heteroatoms. The Balaban J connectivity index is 0.000000359. The quantitative estimate of drug-likeness (QED) is 0.453. The number of halogens is 2. The van der Waals surface area contributed by atoms with Gasteiger partial charge in [-0.25, -0.2) is 8.78 Å². The molecule has 4 aromatic rings. The zero-order chi connectivity index (χ0) is 20.8. The van der Waals surface area contributed by atoms with Crippen LogP contribution in [0.4, 0.5) is 20.3 Å². The number of anilines is 2. The second-order valence-corrected chi connectivity index (χ2v) is 8.25. The third kappa shape index (κ3) is 3.77. The predicted octanol–water partition coefficient (Wildman–Crippen LogP) is 5.44. The van der Waals surface area contributed by atoms with Crippen molar-refractivity contribution < 1.29 is 8.78 Å². The number of rotatable bonds is 2. The van der Waals surface area contributed by atoms with Crippen molar-refractivity contribution in [1.82, 2.24) is 19.6 Å². The van der Waals surface area contributed by atoms with Gasteiger partial charge in [0.15, 0.2) is 11.6 Å². The third-order valence-electron chi connectivity index (χ3n) is 5.25. The zero-order valence-corrected chi connectivity index (χ0v) is 16.9. The van der Waals surface area contributed by atoms with E-state index < -0.39 is 11.6 Å². The first kappa shape index (κ1) is 19.2. The summed E-state index contributed by atoms with van der Waals surface area (Å²) in [6.45, 7) is 6.56. The monoisotopic (exact) mass is 395 g/mol. The Kier molecular flexibility index (Phi) is 4.68. The lowest BCUT2D eigenvalue weighted by molar-refractivity contribution is 0.516. The Morgan fingerprint density at radius 2 is 1.83 bits per heavy atom. The molecule has 2 aromatic heterocycles. The molecule has 0 radical (unpaired) electrons. The molecular formula is C22H23F2N5. The van der Waals surface area contributed by atoms with Gasteiger partial charge in [-0.3, -0.25) is 4.40 Å². The molecule has 5 rings (SSSR count). The van der Waals surface area contributed by atoms with E-state index in [4.69, 9.17) is 0 Å². The molecule has 2 aromatic carbocycles. The molecule has 150 valence electrons. The maximum atomic E-state index is 14.6. The van der Waals surface area contributed by atoms with Gasteiger partial charge in [0.05, 0.1) is 10.9 Å². The Morgan fingerprint density at radius 3 is 2.48 bits per heavy atom. The molecule has 0 N–H and O–H groups in total. The van der Waals surface area contributed by atoms with Gasteiger partial charge in [0.25, 0.3) is 5.78 Å². The van der Waals surface area contributed by atoms with E-state index in [-0.39, 0.29) is 11.2 Å². The molecule has 0 aliphatic heterocycles. The van der Waals surface area contributed by atoms with Gasteiger partial charge in [-0.1, -0.05) is 26.0 Å². The van der Waals surface area contributed by atoms with Crippen molar-refractivity contribution in [2.24, 2.45) is 5.41 Å². The van der Waals surface area contributed by atoms with Gasteiger partial charge in [-0.2, -0.15) is 4.98 Å². The van der Waals surface area contributed by atoms with E-state index in [1.807, 2.05) is 31.2 Å². The van der Waals surface area contributed by atoms with Gasteiger partial charge in [0, 0.05) is 12.7 Å². The maximum absolute atomic E-state index is 14.6. The number of hydrogen-bond donors (Lipinski definition) is 0. The normalized spacial score (nSPS) is 14.6. The molecule has 0 atom stereocenters. The number of fused-ring (bicyclic) bond motifs is 3. The van der Waals surface area contributed by atoms with E-state index >= 15 is 0 Å². The van der Waals surface area contributed by atoms with Gasteiger partial charge >= 0.3 is 0 Å². The van der Waals surface area contributed by atoms with Crippen LogP contribution in [0.1, 0.15) is 32.3 Å². The van der Waals surface area contributed by atoms with Crippen LogP contribution in [0.2, 0.25) is 0 Å². The van der Waals surface area contributed by atoms with E-state index in [1.54, 1.807) is 11.9 Å². The standard InChI is InChI=1S/C17H13F2N5.C5H10/c1-10-4-3-5-11(8-10)23(2)16-14-13(7-6-12(18)15(14)19)24-9-20-22-17(24)21-16;1-5(2)3-4-5/h3-9H,1-2H3;3-4H2,1-2H3. The van der Waals surface area contributed by atoms with Crippen LogP contribution >= 0.6 is 0 Å². The molecule has 1 aliphatic carbocycles. The Labute approximate surface area is 168 Å². The predicted molar refractivity (Wildman–Crippen MR) is 110 cm³/mol. The van der Waals surface area contributed by atoms with Crippen molar-refractivity contribution >= 4 is 28.2 Å². The number of aromatic nitrogens is 4. The summed E-state index contributed by atoms with van der Waals surface area (Å²) in [6, 6.07) is 10.3. The lowest BCUT2D eigenvalue weighted by Gasteiger charge is -2.21. The molecule has 1 fully saturated rings. The van der Waals surface area contributed by atoms with E-state index in [1.165, 1.54) is 29.6 Å². The largest absolute Gasteiger partial charge is 0.329 e. The topological polar surface area (TPSA) is 46.3 Å².